The largest absolute Gasteiger partial charge is 0.462 e. The van der Waals surface area contributed by atoms with E-state index in [2.05, 4.69) is 16.0 Å². The van der Waals surface area contributed by atoms with Crippen LogP contribution in [0.3, 0.4) is 0 Å². The fraction of sp³-hybridized carbons (Fsp3) is 0.360. The van der Waals surface area contributed by atoms with Crippen LogP contribution in [0.2, 0.25) is 0 Å². The minimum Gasteiger partial charge on any atom is -0.462 e. The molecule has 11 nitrogen and oxygen atoms in total. The minimum absolute atomic E-state index is 0.0310. The summed E-state index contributed by atoms with van der Waals surface area (Å²) >= 11 is 0. The molecule has 186 valence electrons. The molecule has 0 radical (unpaired) electrons. The van der Waals surface area contributed by atoms with E-state index in [1.165, 1.54) is 0 Å². The number of fused-ring (bicyclic) bond motifs is 1. The van der Waals surface area contributed by atoms with Crippen molar-refractivity contribution in [2.24, 2.45) is 5.92 Å². The zero-order valence-electron chi connectivity index (χ0n) is 19.4. The fourth-order valence-corrected chi connectivity index (χ4v) is 5.93. The Labute approximate surface area is 207 Å². The molecule has 0 aliphatic carbocycles. The number of benzene rings is 2. The van der Waals surface area contributed by atoms with E-state index in [1.54, 1.807) is 34.1 Å². The molecule has 3 fully saturated rings. The van der Waals surface area contributed by atoms with Gasteiger partial charge in [-0.15, -0.1) is 0 Å². The van der Waals surface area contributed by atoms with E-state index in [1.807, 2.05) is 30.3 Å². The molecule has 1 amide bonds. The van der Waals surface area contributed by atoms with Crippen LogP contribution in [-0.2, 0) is 11.3 Å². The maximum absolute atomic E-state index is 13.0. The second-order valence-corrected chi connectivity index (χ2v) is 9.67. The molecule has 11 heteroatoms. The van der Waals surface area contributed by atoms with Crippen LogP contribution in [0.4, 0.5) is 0 Å². The highest BCUT2D eigenvalue weighted by atomic mass is 16.5. The van der Waals surface area contributed by atoms with E-state index >= 15 is 0 Å². The molecule has 6 rings (SSSR count). The third-order valence-corrected chi connectivity index (χ3v) is 7.61. The van der Waals surface area contributed by atoms with Crippen LogP contribution < -0.4 is 16.0 Å². The van der Waals surface area contributed by atoms with Gasteiger partial charge in [-0.3, -0.25) is 15.6 Å². The lowest BCUT2D eigenvalue weighted by Gasteiger charge is -2.50. The Morgan fingerprint density at radius 3 is 2.64 bits per heavy atom. The number of nitrogens with one attached hydrogen (secondary N) is 5. The van der Waals surface area contributed by atoms with E-state index in [4.69, 9.17) is 15.6 Å². The average Bonchev–Trinajstić information content (AvgIpc) is 3.50. The summed E-state index contributed by atoms with van der Waals surface area (Å²) in [6.45, 7) is 0.981. The Balaban J connectivity index is 1.21. The summed E-state index contributed by atoms with van der Waals surface area (Å²) in [7, 11) is 0. The molecule has 0 aromatic heterocycles. The van der Waals surface area contributed by atoms with Crippen molar-refractivity contribution in [1.82, 2.24) is 25.8 Å². The summed E-state index contributed by atoms with van der Waals surface area (Å²) < 4.78 is 5.51. The fourth-order valence-electron chi connectivity index (χ4n) is 5.93. The van der Waals surface area contributed by atoms with Gasteiger partial charge >= 0.3 is 5.97 Å². The molecule has 1 spiro atoms. The standard InChI is InChI=1S/C25H27N7O4/c26-23-29-19-18(12-31-10-15-8-4-5-9-17(15)21(31)34)28-24(27)32-11-16(20(33)25(19,32)30-23)13-36-22(35)14-6-2-1-3-7-14/h1-9,16,18-20,33H,10-13H2,(H2,27,28)(H3,26,29,30)/t16-,18+,19?,20-,25+/m1/s1. The number of amides is 1. The lowest BCUT2D eigenvalue weighted by atomic mass is 9.85. The van der Waals surface area contributed by atoms with Gasteiger partial charge in [-0.05, 0) is 23.8 Å². The summed E-state index contributed by atoms with van der Waals surface area (Å²) in [5.41, 5.74) is 0.873. The van der Waals surface area contributed by atoms with Crippen LogP contribution in [0.25, 0.3) is 0 Å². The second-order valence-electron chi connectivity index (χ2n) is 9.67. The van der Waals surface area contributed by atoms with Gasteiger partial charge in [0.1, 0.15) is 6.10 Å². The number of ether oxygens (including phenoxy) is 1. The quantitative estimate of drug-likeness (QED) is 0.318. The van der Waals surface area contributed by atoms with Crippen molar-refractivity contribution in [1.29, 1.82) is 10.8 Å². The van der Waals surface area contributed by atoms with Crippen LogP contribution in [0.1, 0.15) is 26.3 Å². The maximum Gasteiger partial charge on any atom is 0.338 e. The molecule has 0 bridgehead atoms. The first-order chi connectivity index (χ1) is 17.4. The maximum atomic E-state index is 13.0. The summed E-state index contributed by atoms with van der Waals surface area (Å²) in [5.74, 6) is -0.929. The highest BCUT2D eigenvalue weighted by molar-refractivity contribution is 5.98. The average molecular weight is 490 g/mol. The summed E-state index contributed by atoms with van der Waals surface area (Å²) in [5, 5.41) is 37.8. The number of nitrogens with zero attached hydrogens (tertiary/aromatic N) is 2. The molecule has 36 heavy (non-hydrogen) atoms. The topological polar surface area (TPSA) is 154 Å². The molecular formula is C25H27N7O4. The Hall–Kier alpha value is -4.12. The number of rotatable bonds is 5. The number of carbonyl (C=O) groups is 2. The molecular weight excluding hydrogens is 462 g/mol. The summed E-state index contributed by atoms with van der Waals surface area (Å²) in [4.78, 5) is 28.9. The van der Waals surface area contributed by atoms with Crippen LogP contribution in [0, 0.1) is 16.7 Å². The van der Waals surface area contributed by atoms with Gasteiger partial charge in [-0.25, -0.2) is 4.79 Å². The molecule has 5 atom stereocenters. The zero-order valence-corrected chi connectivity index (χ0v) is 19.4. The zero-order chi connectivity index (χ0) is 25.0. The first-order valence-electron chi connectivity index (χ1n) is 11.9. The van der Waals surface area contributed by atoms with E-state index < -0.39 is 35.7 Å². The molecule has 2 aromatic carbocycles. The first kappa shape index (κ1) is 22.4. The van der Waals surface area contributed by atoms with Gasteiger partial charge in [0.2, 0.25) is 0 Å². The van der Waals surface area contributed by atoms with Gasteiger partial charge in [0.25, 0.3) is 5.91 Å². The Bertz CT molecular complexity index is 1250. The lowest BCUT2D eigenvalue weighted by molar-refractivity contribution is -0.0151. The van der Waals surface area contributed by atoms with Crippen molar-refractivity contribution in [3.8, 4) is 0 Å². The third kappa shape index (κ3) is 3.30. The predicted octanol–water partition coefficient (Wildman–Crippen LogP) is -0.109. The third-order valence-electron chi connectivity index (χ3n) is 7.61. The smallest absolute Gasteiger partial charge is 0.338 e. The highest BCUT2D eigenvalue weighted by Crippen LogP contribution is 2.40. The SMILES string of the molecule is N=C1NC2[C@H](CN3Cc4ccccc4C3=O)NC(=N)N3C[C@H](COC(=O)c4ccccc4)[C@@H](O)[C@]23N1. The second kappa shape index (κ2) is 8.23. The Kier molecular flexibility index (Phi) is 5.11. The van der Waals surface area contributed by atoms with Gasteiger partial charge < -0.3 is 35.6 Å². The summed E-state index contributed by atoms with van der Waals surface area (Å²) in [6.07, 6.45) is -1.04. The molecule has 1 unspecified atom stereocenters. The Morgan fingerprint density at radius 1 is 1.11 bits per heavy atom. The number of hydrogen-bond donors (Lipinski definition) is 6. The monoisotopic (exact) mass is 489 g/mol. The number of hydrogen-bond acceptors (Lipinski definition) is 6. The van der Waals surface area contributed by atoms with Crippen LogP contribution in [0.15, 0.2) is 54.6 Å². The number of guanidine groups is 2. The van der Waals surface area contributed by atoms with Crippen LogP contribution in [-0.4, -0.2) is 82.2 Å². The van der Waals surface area contributed by atoms with Gasteiger partial charge in [-0.1, -0.05) is 36.4 Å². The van der Waals surface area contributed by atoms with Crippen molar-refractivity contribution in [3.63, 3.8) is 0 Å². The highest BCUT2D eigenvalue weighted by Gasteiger charge is 2.66. The van der Waals surface area contributed by atoms with Crippen LogP contribution in [0.5, 0.6) is 0 Å². The van der Waals surface area contributed by atoms with E-state index in [-0.39, 0.29) is 31.0 Å². The van der Waals surface area contributed by atoms with E-state index in [9.17, 15) is 14.7 Å². The number of esters is 1. The van der Waals surface area contributed by atoms with Crippen molar-refractivity contribution >= 4 is 23.8 Å². The minimum atomic E-state index is -1.18. The van der Waals surface area contributed by atoms with Gasteiger partial charge in [0.15, 0.2) is 17.6 Å². The normalized spacial score (nSPS) is 30.2. The van der Waals surface area contributed by atoms with Crippen molar-refractivity contribution in [2.45, 2.75) is 30.4 Å². The molecule has 4 aliphatic heterocycles. The molecule has 4 heterocycles. The van der Waals surface area contributed by atoms with Crippen molar-refractivity contribution < 1.29 is 19.4 Å². The molecule has 0 saturated carbocycles. The molecule has 2 aromatic rings. The molecule has 3 saturated heterocycles. The van der Waals surface area contributed by atoms with E-state index in [0.29, 0.717) is 24.2 Å². The van der Waals surface area contributed by atoms with Crippen LogP contribution >= 0.6 is 0 Å². The summed E-state index contributed by atoms with van der Waals surface area (Å²) in [6, 6.07) is 15.2. The first-order valence-corrected chi connectivity index (χ1v) is 11.9. The number of aliphatic hydroxyl groups excluding tert-OH is 1. The molecule has 6 N–H and O–H groups in total. The van der Waals surface area contributed by atoms with Gasteiger partial charge in [0.05, 0.1) is 24.3 Å². The Morgan fingerprint density at radius 2 is 1.86 bits per heavy atom. The van der Waals surface area contributed by atoms with E-state index in [0.717, 1.165) is 5.56 Å². The molecule has 4 aliphatic rings. The van der Waals surface area contributed by atoms with Crippen molar-refractivity contribution in [2.75, 3.05) is 19.7 Å². The van der Waals surface area contributed by atoms with Crippen molar-refractivity contribution in [3.05, 3.63) is 71.3 Å². The lowest BCUT2D eigenvalue weighted by Crippen LogP contribution is -2.77. The van der Waals surface area contributed by atoms with Gasteiger partial charge in [-0.2, -0.15) is 0 Å². The van der Waals surface area contributed by atoms with Gasteiger partial charge in [0, 0.05) is 31.1 Å². The number of carbonyl (C=O) groups excluding carboxylic acids is 2. The predicted molar refractivity (Wildman–Crippen MR) is 129 cm³/mol. The number of aliphatic hydroxyl groups is 1.